The number of carboxylic acids is 1. The van der Waals surface area contributed by atoms with E-state index in [0.29, 0.717) is 6.42 Å². The third-order valence-electron chi connectivity index (χ3n) is 2.59. The number of hydrogen-bond donors (Lipinski definition) is 1. The Morgan fingerprint density at radius 1 is 1.47 bits per heavy atom. The maximum absolute atomic E-state index is 10.5. The summed E-state index contributed by atoms with van der Waals surface area (Å²) in [6.45, 7) is 4.08. The van der Waals surface area contributed by atoms with E-state index in [1.54, 1.807) is 6.20 Å². The molecule has 0 aliphatic rings. The van der Waals surface area contributed by atoms with Gasteiger partial charge in [-0.05, 0) is 26.0 Å². The van der Waals surface area contributed by atoms with Crippen molar-refractivity contribution in [3.63, 3.8) is 0 Å². The van der Waals surface area contributed by atoms with Crippen LogP contribution >= 0.6 is 0 Å². The smallest absolute Gasteiger partial charge is 0.303 e. The van der Waals surface area contributed by atoms with Gasteiger partial charge in [-0.15, -0.1) is 0 Å². The van der Waals surface area contributed by atoms with Gasteiger partial charge in [0.25, 0.3) is 0 Å². The largest absolute Gasteiger partial charge is 0.481 e. The molecule has 90 valence electrons. The van der Waals surface area contributed by atoms with Crippen molar-refractivity contribution < 1.29 is 9.90 Å². The van der Waals surface area contributed by atoms with Crippen molar-refractivity contribution in [1.29, 1.82) is 0 Å². The van der Waals surface area contributed by atoms with E-state index in [4.69, 9.17) is 5.11 Å². The van der Waals surface area contributed by atoms with E-state index in [0.717, 1.165) is 16.7 Å². The number of carbonyl (C=O) groups is 1. The minimum atomic E-state index is -0.802. The molecule has 0 aliphatic heterocycles. The van der Waals surface area contributed by atoms with Crippen LogP contribution in [0.5, 0.6) is 0 Å². The van der Waals surface area contributed by atoms with E-state index in [1.807, 2.05) is 30.7 Å². The van der Waals surface area contributed by atoms with E-state index >= 15 is 0 Å². The average Bonchev–Trinajstić information content (AvgIpc) is 2.69. The van der Waals surface area contributed by atoms with Crippen molar-refractivity contribution in [2.75, 3.05) is 0 Å². The fourth-order valence-corrected chi connectivity index (χ4v) is 1.71. The third kappa shape index (κ3) is 2.43. The fraction of sp³-hybridized carbons (Fsp3) is 0.417. The second-order valence-electron chi connectivity index (χ2n) is 4.29. The van der Waals surface area contributed by atoms with Gasteiger partial charge in [-0.1, -0.05) is 0 Å². The van der Waals surface area contributed by atoms with Crippen molar-refractivity contribution in [1.82, 2.24) is 14.8 Å². The summed E-state index contributed by atoms with van der Waals surface area (Å²) in [5.41, 5.74) is 1.62. The number of aliphatic carboxylic acids is 1. The molecule has 0 amide bonds. The molecule has 17 heavy (non-hydrogen) atoms. The summed E-state index contributed by atoms with van der Waals surface area (Å²) in [5.74, 6) is -0.802. The molecule has 0 aromatic carbocycles. The molecule has 0 saturated carbocycles. The number of aromatic nitrogens is 3. The Hall–Kier alpha value is -1.91. The van der Waals surface area contributed by atoms with Crippen molar-refractivity contribution in [3.8, 4) is 0 Å². The fourth-order valence-electron chi connectivity index (χ4n) is 1.71. The molecule has 0 fully saturated rings. The molecule has 2 aromatic rings. The standard InChI is InChI=1S/C12H15N3O2/c1-8(2)15-12-9(7-13-15)3-4-10(14-12)5-6-11(16)17/h3-4,7-8H,5-6H2,1-2H3,(H,16,17). The first-order chi connectivity index (χ1) is 8.08. The second kappa shape index (κ2) is 4.53. The van der Waals surface area contributed by atoms with Crippen molar-refractivity contribution in [2.45, 2.75) is 32.7 Å². The number of rotatable bonds is 4. The first-order valence-corrected chi connectivity index (χ1v) is 5.63. The number of aryl methyl sites for hydroxylation is 1. The monoisotopic (exact) mass is 233 g/mol. The summed E-state index contributed by atoms with van der Waals surface area (Å²) < 4.78 is 1.85. The summed E-state index contributed by atoms with van der Waals surface area (Å²) >= 11 is 0. The second-order valence-corrected chi connectivity index (χ2v) is 4.29. The van der Waals surface area contributed by atoms with Gasteiger partial charge < -0.3 is 5.11 Å². The zero-order valence-electron chi connectivity index (χ0n) is 9.92. The van der Waals surface area contributed by atoms with Crippen LogP contribution in [-0.4, -0.2) is 25.8 Å². The zero-order chi connectivity index (χ0) is 12.4. The van der Waals surface area contributed by atoms with Gasteiger partial charge in [0.15, 0.2) is 5.65 Å². The lowest BCUT2D eigenvalue weighted by molar-refractivity contribution is -0.136. The Morgan fingerprint density at radius 2 is 2.24 bits per heavy atom. The van der Waals surface area contributed by atoms with E-state index < -0.39 is 5.97 Å². The molecule has 0 aliphatic carbocycles. The molecule has 2 aromatic heterocycles. The lowest BCUT2D eigenvalue weighted by atomic mass is 10.2. The van der Waals surface area contributed by atoms with Crippen LogP contribution in [0.15, 0.2) is 18.3 Å². The Bertz CT molecular complexity index is 546. The lowest BCUT2D eigenvalue weighted by Gasteiger charge is -2.06. The van der Waals surface area contributed by atoms with Crippen molar-refractivity contribution in [2.24, 2.45) is 0 Å². The summed E-state index contributed by atoms with van der Waals surface area (Å²) in [5, 5.41) is 13.9. The maximum atomic E-state index is 10.5. The number of carboxylic acid groups (broad SMARTS) is 1. The third-order valence-corrected chi connectivity index (χ3v) is 2.59. The van der Waals surface area contributed by atoms with Crippen LogP contribution in [0.25, 0.3) is 11.0 Å². The van der Waals surface area contributed by atoms with Crippen LogP contribution in [0.4, 0.5) is 0 Å². The van der Waals surface area contributed by atoms with E-state index in [1.165, 1.54) is 0 Å². The summed E-state index contributed by atoms with van der Waals surface area (Å²) in [6, 6.07) is 4.04. The van der Waals surface area contributed by atoms with Crippen LogP contribution in [0.1, 0.15) is 32.0 Å². The molecule has 0 spiro atoms. The normalized spacial score (nSPS) is 11.2. The molecule has 2 rings (SSSR count). The van der Waals surface area contributed by atoms with E-state index in [9.17, 15) is 4.79 Å². The highest BCUT2D eigenvalue weighted by atomic mass is 16.4. The predicted molar refractivity (Wildman–Crippen MR) is 63.9 cm³/mol. The summed E-state index contributed by atoms with van der Waals surface area (Å²) in [7, 11) is 0. The highest BCUT2D eigenvalue weighted by molar-refractivity contribution is 5.74. The maximum Gasteiger partial charge on any atom is 0.303 e. The molecule has 5 heteroatoms. The van der Waals surface area contributed by atoms with Crippen LogP contribution in [-0.2, 0) is 11.2 Å². The summed E-state index contributed by atoms with van der Waals surface area (Å²) in [6.07, 6.45) is 2.34. The van der Waals surface area contributed by atoms with Gasteiger partial charge in [0, 0.05) is 23.5 Å². The minimum absolute atomic E-state index is 0.105. The van der Waals surface area contributed by atoms with Gasteiger partial charge in [-0.25, -0.2) is 9.67 Å². The van der Waals surface area contributed by atoms with E-state index in [2.05, 4.69) is 10.1 Å². The van der Waals surface area contributed by atoms with Gasteiger partial charge in [0.2, 0.25) is 0 Å². The molecule has 0 bridgehead atoms. The van der Waals surface area contributed by atoms with Gasteiger partial charge in [0.05, 0.1) is 12.6 Å². The highest BCUT2D eigenvalue weighted by Crippen LogP contribution is 2.16. The Morgan fingerprint density at radius 3 is 2.88 bits per heavy atom. The topological polar surface area (TPSA) is 68.0 Å². The van der Waals surface area contributed by atoms with Gasteiger partial charge in [0.1, 0.15) is 0 Å². The molecule has 0 unspecified atom stereocenters. The van der Waals surface area contributed by atoms with Crippen LogP contribution in [0.2, 0.25) is 0 Å². The predicted octanol–water partition coefficient (Wildman–Crippen LogP) is 2.03. The molecule has 0 saturated heterocycles. The van der Waals surface area contributed by atoms with Crippen molar-refractivity contribution >= 4 is 17.0 Å². The number of hydrogen-bond acceptors (Lipinski definition) is 3. The highest BCUT2D eigenvalue weighted by Gasteiger charge is 2.08. The molecule has 1 N–H and O–H groups in total. The SMILES string of the molecule is CC(C)n1ncc2ccc(CCC(=O)O)nc21. The Kier molecular flexibility index (Phi) is 3.08. The summed E-state index contributed by atoms with van der Waals surface area (Å²) in [4.78, 5) is 15.0. The molecular formula is C12H15N3O2. The van der Waals surface area contributed by atoms with Gasteiger partial charge in [-0.2, -0.15) is 5.10 Å². The molecule has 5 nitrogen and oxygen atoms in total. The van der Waals surface area contributed by atoms with Crippen LogP contribution in [0, 0.1) is 0 Å². The molecule has 2 heterocycles. The molecule has 0 radical (unpaired) electrons. The Labute approximate surface area is 99.1 Å². The lowest BCUT2D eigenvalue weighted by Crippen LogP contribution is -2.05. The van der Waals surface area contributed by atoms with Gasteiger partial charge >= 0.3 is 5.97 Å². The zero-order valence-corrected chi connectivity index (χ0v) is 9.92. The van der Waals surface area contributed by atoms with Crippen molar-refractivity contribution in [3.05, 3.63) is 24.0 Å². The van der Waals surface area contributed by atoms with Gasteiger partial charge in [-0.3, -0.25) is 4.79 Å². The first-order valence-electron chi connectivity index (χ1n) is 5.63. The van der Waals surface area contributed by atoms with E-state index in [-0.39, 0.29) is 12.5 Å². The number of nitrogens with zero attached hydrogens (tertiary/aromatic N) is 3. The first kappa shape index (κ1) is 11.6. The average molecular weight is 233 g/mol. The molecular weight excluding hydrogens is 218 g/mol. The number of fused-ring (bicyclic) bond motifs is 1. The molecule has 0 atom stereocenters. The van der Waals surface area contributed by atoms with Crippen LogP contribution in [0.3, 0.4) is 0 Å². The number of pyridine rings is 1. The Balaban J connectivity index is 2.34. The van der Waals surface area contributed by atoms with Crippen LogP contribution < -0.4 is 0 Å². The minimum Gasteiger partial charge on any atom is -0.481 e. The quantitative estimate of drug-likeness (QED) is 0.877.